The van der Waals surface area contributed by atoms with Crippen LogP contribution in [0.4, 0.5) is 0 Å². The van der Waals surface area contributed by atoms with Crippen molar-refractivity contribution < 1.29 is 0 Å². The van der Waals surface area contributed by atoms with Crippen molar-refractivity contribution in [1.82, 2.24) is 9.13 Å². The zero-order valence-electron chi connectivity index (χ0n) is 26.7. The van der Waals surface area contributed by atoms with Crippen LogP contribution in [-0.4, -0.2) is 9.13 Å². The molecule has 0 amide bonds. The van der Waals surface area contributed by atoms with Gasteiger partial charge in [-0.1, -0.05) is 84.9 Å². The van der Waals surface area contributed by atoms with Crippen LogP contribution in [-0.2, 0) is 0 Å². The first kappa shape index (κ1) is 28.8. The minimum Gasteiger partial charge on any atom is -0.309 e. The number of hydrogen-bond acceptors (Lipinski definition) is 3. The van der Waals surface area contributed by atoms with Gasteiger partial charge in [-0.15, -0.1) is 0 Å². The number of aromatic nitrogens is 2. The molecule has 9 aromatic rings. The zero-order valence-corrected chi connectivity index (χ0v) is 26.7. The Bertz CT molecular complexity index is 2830. The van der Waals surface area contributed by atoms with Gasteiger partial charge in [-0.25, -0.2) is 0 Å². The first-order valence-electron chi connectivity index (χ1n) is 16.3. The summed E-state index contributed by atoms with van der Waals surface area (Å²) in [6.07, 6.45) is 0. The van der Waals surface area contributed by atoms with E-state index in [9.17, 15) is 15.8 Å². The van der Waals surface area contributed by atoms with Crippen molar-refractivity contribution in [2.75, 3.05) is 0 Å². The Morgan fingerprint density at radius 3 is 1.50 bits per heavy atom. The van der Waals surface area contributed by atoms with Crippen LogP contribution in [0.2, 0.25) is 0 Å². The number of hydrogen-bond donors (Lipinski definition) is 0. The molecule has 0 aliphatic carbocycles. The normalized spacial score (nSPS) is 11.1. The summed E-state index contributed by atoms with van der Waals surface area (Å²) in [4.78, 5) is 0. The van der Waals surface area contributed by atoms with Gasteiger partial charge in [-0.05, 0) is 72.3 Å². The van der Waals surface area contributed by atoms with Gasteiger partial charge in [0, 0.05) is 43.9 Å². The molecule has 5 nitrogen and oxygen atoms in total. The SMILES string of the molecule is N#Cc1ccc2c(c1)c1cc(C#N)ccc1n2-c1ccccc1-c1cccc(-c2ccc(-n3c4ccccc4c4ccccc43)cc2)c1C#N. The highest BCUT2D eigenvalue weighted by atomic mass is 15.0. The lowest BCUT2D eigenvalue weighted by Gasteiger charge is -2.17. The van der Waals surface area contributed by atoms with E-state index >= 15 is 0 Å². The lowest BCUT2D eigenvalue weighted by molar-refractivity contribution is 1.18. The maximum Gasteiger partial charge on any atom is 0.100 e. The lowest BCUT2D eigenvalue weighted by Crippen LogP contribution is -1.99. The summed E-state index contributed by atoms with van der Waals surface area (Å²) in [7, 11) is 0. The fourth-order valence-corrected chi connectivity index (χ4v) is 7.45. The molecule has 0 aliphatic rings. The van der Waals surface area contributed by atoms with Gasteiger partial charge < -0.3 is 9.13 Å². The van der Waals surface area contributed by atoms with Gasteiger partial charge in [0.05, 0.1) is 56.6 Å². The van der Waals surface area contributed by atoms with Crippen molar-refractivity contribution in [3.63, 3.8) is 0 Å². The molecule has 0 saturated carbocycles. The van der Waals surface area contributed by atoms with Crippen molar-refractivity contribution in [3.8, 4) is 51.8 Å². The molecule has 0 N–H and O–H groups in total. The van der Waals surface area contributed by atoms with Crippen LogP contribution >= 0.6 is 0 Å². The maximum atomic E-state index is 10.7. The number of para-hydroxylation sites is 3. The average molecular weight is 636 g/mol. The number of nitrogens with zero attached hydrogens (tertiary/aromatic N) is 5. The summed E-state index contributed by atoms with van der Waals surface area (Å²) in [6.45, 7) is 0. The molecule has 0 saturated heterocycles. The second-order valence-electron chi connectivity index (χ2n) is 12.3. The minimum absolute atomic E-state index is 0.552. The number of rotatable bonds is 4. The van der Waals surface area contributed by atoms with Crippen LogP contribution in [0, 0.1) is 34.0 Å². The molecule has 0 fully saturated rings. The number of benzene rings is 7. The van der Waals surface area contributed by atoms with Gasteiger partial charge in [-0.2, -0.15) is 15.8 Å². The molecule has 0 radical (unpaired) electrons. The van der Waals surface area contributed by atoms with E-state index in [2.05, 4.69) is 106 Å². The smallest absolute Gasteiger partial charge is 0.100 e. The molecule has 230 valence electrons. The first-order chi connectivity index (χ1) is 24.7. The van der Waals surface area contributed by atoms with Gasteiger partial charge in [0.25, 0.3) is 0 Å². The van der Waals surface area contributed by atoms with Gasteiger partial charge in [0.2, 0.25) is 0 Å². The van der Waals surface area contributed by atoms with Crippen molar-refractivity contribution in [2.45, 2.75) is 0 Å². The summed E-state index contributed by atoms with van der Waals surface area (Å²) >= 11 is 0. The average Bonchev–Trinajstić information content (AvgIpc) is 3.69. The van der Waals surface area contributed by atoms with Crippen LogP contribution in [0.1, 0.15) is 16.7 Å². The fourth-order valence-electron chi connectivity index (χ4n) is 7.45. The molecule has 0 atom stereocenters. The van der Waals surface area contributed by atoms with E-state index in [1.165, 1.54) is 10.8 Å². The predicted molar refractivity (Wildman–Crippen MR) is 200 cm³/mol. The Labute approximate surface area is 287 Å². The molecule has 2 heterocycles. The van der Waals surface area contributed by atoms with Crippen LogP contribution in [0.15, 0.2) is 152 Å². The third kappa shape index (κ3) is 4.31. The largest absolute Gasteiger partial charge is 0.309 e. The zero-order chi connectivity index (χ0) is 33.8. The predicted octanol–water partition coefficient (Wildman–Crippen LogP) is 10.8. The monoisotopic (exact) mass is 635 g/mol. The quantitative estimate of drug-likeness (QED) is 0.193. The highest BCUT2D eigenvalue weighted by molar-refractivity contribution is 6.11. The summed E-state index contributed by atoms with van der Waals surface area (Å²) in [5.41, 5.74) is 11.3. The van der Waals surface area contributed by atoms with Crippen molar-refractivity contribution in [2.24, 2.45) is 0 Å². The lowest BCUT2D eigenvalue weighted by atomic mass is 9.91. The molecule has 9 rings (SSSR count). The van der Waals surface area contributed by atoms with E-state index in [1.807, 2.05) is 72.8 Å². The third-order valence-corrected chi connectivity index (χ3v) is 9.65. The van der Waals surface area contributed by atoms with Crippen LogP contribution in [0.5, 0.6) is 0 Å². The van der Waals surface area contributed by atoms with Crippen LogP contribution in [0.3, 0.4) is 0 Å². The molecular formula is C45H25N5. The molecule has 0 unspecified atom stereocenters. The standard InChI is InChI=1S/C45H25N5/c46-26-29-16-22-44-38(24-29)39-25-30(27-47)17-23-45(39)50(44)43-15-6-1-8-35(43)34-12-7-11-33(40(34)28-48)31-18-20-32(21-19-31)49-41-13-4-2-9-36(41)37-10-3-5-14-42(37)49/h1-25H. The molecule has 0 aliphatic heterocycles. The summed E-state index contributed by atoms with van der Waals surface area (Å²) in [5, 5.41) is 34.3. The molecule has 7 aromatic carbocycles. The molecule has 0 bridgehead atoms. The Morgan fingerprint density at radius 2 is 0.900 bits per heavy atom. The molecule has 50 heavy (non-hydrogen) atoms. The molecular weight excluding hydrogens is 611 g/mol. The Kier molecular flexibility index (Phi) is 6.56. The maximum absolute atomic E-state index is 10.7. The van der Waals surface area contributed by atoms with E-state index in [-0.39, 0.29) is 0 Å². The summed E-state index contributed by atoms with van der Waals surface area (Å²) in [5.74, 6) is 0. The summed E-state index contributed by atoms with van der Waals surface area (Å²) < 4.78 is 4.45. The van der Waals surface area contributed by atoms with Crippen LogP contribution in [0.25, 0.3) is 77.2 Å². The highest BCUT2D eigenvalue weighted by Crippen LogP contribution is 2.40. The summed E-state index contributed by atoms with van der Waals surface area (Å²) in [6, 6.07) is 57.8. The van der Waals surface area contributed by atoms with E-state index in [4.69, 9.17) is 0 Å². The Hall–Kier alpha value is -7.39. The van der Waals surface area contributed by atoms with E-state index in [1.54, 1.807) is 0 Å². The van der Waals surface area contributed by atoms with E-state index in [0.717, 1.165) is 66.5 Å². The van der Waals surface area contributed by atoms with Crippen molar-refractivity contribution in [3.05, 3.63) is 168 Å². The molecule has 5 heteroatoms. The second-order valence-corrected chi connectivity index (χ2v) is 12.3. The topological polar surface area (TPSA) is 81.2 Å². The minimum atomic E-state index is 0.552. The van der Waals surface area contributed by atoms with E-state index < -0.39 is 0 Å². The number of nitriles is 3. The van der Waals surface area contributed by atoms with Gasteiger partial charge in [-0.3, -0.25) is 0 Å². The second kappa shape index (κ2) is 11.4. The first-order valence-corrected chi connectivity index (χ1v) is 16.3. The Balaban J connectivity index is 1.20. The van der Waals surface area contributed by atoms with Gasteiger partial charge in [0.1, 0.15) is 6.07 Å². The third-order valence-electron chi connectivity index (χ3n) is 9.65. The van der Waals surface area contributed by atoms with Gasteiger partial charge >= 0.3 is 0 Å². The van der Waals surface area contributed by atoms with Crippen molar-refractivity contribution >= 4 is 43.6 Å². The van der Waals surface area contributed by atoms with Crippen LogP contribution < -0.4 is 0 Å². The molecule has 2 aromatic heterocycles. The Morgan fingerprint density at radius 1 is 0.380 bits per heavy atom. The van der Waals surface area contributed by atoms with E-state index in [0.29, 0.717) is 16.7 Å². The fraction of sp³-hybridized carbons (Fsp3) is 0. The van der Waals surface area contributed by atoms with Crippen molar-refractivity contribution in [1.29, 1.82) is 15.8 Å². The van der Waals surface area contributed by atoms with Gasteiger partial charge in [0.15, 0.2) is 0 Å². The molecule has 0 spiro atoms. The number of fused-ring (bicyclic) bond motifs is 6. The highest BCUT2D eigenvalue weighted by Gasteiger charge is 2.20.